The number of carbonyl (C=O) groups excluding carboxylic acids is 1. The van der Waals surface area contributed by atoms with Crippen LogP contribution < -0.4 is 15.8 Å². The molecule has 2 rings (SSSR count). The molecule has 1 amide bonds. The fourth-order valence-corrected chi connectivity index (χ4v) is 1.73. The molecule has 2 aromatic rings. The Morgan fingerprint density at radius 3 is 2.89 bits per heavy atom. The van der Waals surface area contributed by atoms with Crippen molar-refractivity contribution in [3.05, 3.63) is 41.7 Å². The van der Waals surface area contributed by atoms with Crippen molar-refractivity contribution in [1.82, 2.24) is 15.1 Å². The predicted octanol–water partition coefficient (Wildman–Crippen LogP) is 0.941. The van der Waals surface area contributed by atoms with E-state index < -0.39 is 0 Å². The zero-order valence-electron chi connectivity index (χ0n) is 10.9. The smallest absolute Gasteiger partial charge is 0.255 e. The van der Waals surface area contributed by atoms with Gasteiger partial charge >= 0.3 is 0 Å². The van der Waals surface area contributed by atoms with Crippen LogP contribution in [0, 0.1) is 0 Å². The van der Waals surface area contributed by atoms with Crippen molar-refractivity contribution in [3.63, 3.8) is 0 Å². The molecule has 0 atom stereocenters. The molecule has 1 heterocycles. The van der Waals surface area contributed by atoms with Crippen LogP contribution in [-0.4, -0.2) is 22.8 Å². The number of benzene rings is 1. The molecule has 0 fully saturated rings. The largest absolute Gasteiger partial charge is 0.496 e. The Morgan fingerprint density at radius 2 is 2.26 bits per heavy atom. The first kappa shape index (κ1) is 12.9. The van der Waals surface area contributed by atoms with Crippen molar-refractivity contribution in [3.8, 4) is 5.75 Å². The van der Waals surface area contributed by atoms with Gasteiger partial charge in [-0.1, -0.05) is 0 Å². The molecule has 100 valence electrons. The van der Waals surface area contributed by atoms with E-state index in [1.807, 2.05) is 19.3 Å². The fraction of sp³-hybridized carbons (Fsp3) is 0.231. The van der Waals surface area contributed by atoms with Crippen LogP contribution in [0.25, 0.3) is 0 Å². The Bertz CT molecular complexity index is 592. The van der Waals surface area contributed by atoms with Crippen LogP contribution in [-0.2, 0) is 13.6 Å². The first-order valence-corrected chi connectivity index (χ1v) is 5.80. The van der Waals surface area contributed by atoms with Gasteiger partial charge in [0.05, 0.1) is 24.9 Å². The number of amides is 1. The first-order valence-electron chi connectivity index (χ1n) is 5.80. The quantitative estimate of drug-likeness (QED) is 0.801. The average Bonchev–Trinajstić information content (AvgIpc) is 2.81. The molecule has 0 aliphatic carbocycles. The molecule has 3 N–H and O–H groups in total. The van der Waals surface area contributed by atoms with Gasteiger partial charge in [-0.2, -0.15) is 5.10 Å². The molecular formula is C13H16N4O2. The van der Waals surface area contributed by atoms with Crippen LogP contribution >= 0.6 is 0 Å². The predicted molar refractivity (Wildman–Crippen MR) is 71.8 cm³/mol. The third-order valence-corrected chi connectivity index (χ3v) is 2.67. The van der Waals surface area contributed by atoms with Gasteiger partial charge in [-0.15, -0.1) is 0 Å². The lowest BCUT2D eigenvalue weighted by atomic mass is 10.1. The molecular weight excluding hydrogens is 244 g/mol. The highest BCUT2D eigenvalue weighted by Gasteiger charge is 2.12. The molecule has 6 heteroatoms. The van der Waals surface area contributed by atoms with E-state index in [4.69, 9.17) is 10.5 Å². The number of ether oxygens (including phenoxy) is 1. The van der Waals surface area contributed by atoms with Crippen molar-refractivity contribution in [1.29, 1.82) is 0 Å². The number of nitrogens with one attached hydrogen (secondary N) is 1. The molecule has 6 nitrogen and oxygen atoms in total. The van der Waals surface area contributed by atoms with Gasteiger partial charge in [-0.05, 0) is 24.3 Å². The Balaban J connectivity index is 2.09. The van der Waals surface area contributed by atoms with Crippen LogP contribution in [0.15, 0.2) is 30.5 Å². The summed E-state index contributed by atoms with van der Waals surface area (Å²) < 4.78 is 6.82. The minimum absolute atomic E-state index is 0.241. The molecule has 19 heavy (non-hydrogen) atoms. The Hall–Kier alpha value is -2.50. The van der Waals surface area contributed by atoms with Gasteiger partial charge in [-0.25, -0.2) is 0 Å². The van der Waals surface area contributed by atoms with Crippen molar-refractivity contribution in [2.75, 3.05) is 12.8 Å². The second kappa shape index (κ2) is 5.43. The minimum atomic E-state index is -0.241. The number of anilines is 1. The topological polar surface area (TPSA) is 82.2 Å². The standard InChI is InChI=1S/C13H16N4O2/c1-17-6-5-10(16-17)8-15-13(18)11-7-9(14)3-4-12(11)19-2/h3-7H,8,14H2,1-2H3,(H,15,18). The molecule has 1 aromatic heterocycles. The zero-order chi connectivity index (χ0) is 13.8. The van der Waals surface area contributed by atoms with Gasteiger partial charge in [0.1, 0.15) is 5.75 Å². The molecule has 0 spiro atoms. The lowest BCUT2D eigenvalue weighted by Gasteiger charge is -2.09. The van der Waals surface area contributed by atoms with Crippen LogP contribution in [0.2, 0.25) is 0 Å². The summed E-state index contributed by atoms with van der Waals surface area (Å²) in [6.07, 6.45) is 1.82. The summed E-state index contributed by atoms with van der Waals surface area (Å²) >= 11 is 0. The Morgan fingerprint density at radius 1 is 1.47 bits per heavy atom. The van der Waals surface area contributed by atoms with Crippen molar-refractivity contribution >= 4 is 11.6 Å². The summed E-state index contributed by atoms with van der Waals surface area (Å²) in [7, 11) is 3.34. The lowest BCUT2D eigenvalue weighted by Crippen LogP contribution is -2.23. The molecule has 0 unspecified atom stereocenters. The van der Waals surface area contributed by atoms with Gasteiger partial charge in [0, 0.05) is 18.9 Å². The monoisotopic (exact) mass is 260 g/mol. The SMILES string of the molecule is COc1ccc(N)cc1C(=O)NCc1ccn(C)n1. The Kier molecular flexibility index (Phi) is 3.70. The van der Waals surface area contributed by atoms with E-state index in [0.717, 1.165) is 5.69 Å². The van der Waals surface area contributed by atoms with E-state index in [1.54, 1.807) is 22.9 Å². The number of nitrogen functional groups attached to an aromatic ring is 1. The van der Waals surface area contributed by atoms with E-state index in [0.29, 0.717) is 23.5 Å². The summed E-state index contributed by atoms with van der Waals surface area (Å²) in [6.45, 7) is 0.359. The fourth-order valence-electron chi connectivity index (χ4n) is 1.73. The van der Waals surface area contributed by atoms with Gasteiger partial charge in [0.25, 0.3) is 5.91 Å². The number of hydrogen-bond acceptors (Lipinski definition) is 4. The van der Waals surface area contributed by atoms with Crippen LogP contribution in [0.4, 0.5) is 5.69 Å². The van der Waals surface area contributed by atoms with Crippen molar-refractivity contribution in [2.24, 2.45) is 7.05 Å². The summed E-state index contributed by atoms with van der Waals surface area (Å²) in [5.41, 5.74) is 7.40. The summed E-state index contributed by atoms with van der Waals surface area (Å²) in [4.78, 5) is 12.1. The number of nitrogens with two attached hydrogens (primary N) is 1. The zero-order valence-corrected chi connectivity index (χ0v) is 10.9. The second-order valence-corrected chi connectivity index (χ2v) is 4.12. The maximum absolute atomic E-state index is 12.1. The van der Waals surface area contributed by atoms with E-state index in [2.05, 4.69) is 10.4 Å². The number of rotatable bonds is 4. The van der Waals surface area contributed by atoms with Gasteiger partial charge in [-0.3, -0.25) is 9.48 Å². The van der Waals surface area contributed by atoms with Gasteiger partial charge < -0.3 is 15.8 Å². The van der Waals surface area contributed by atoms with Crippen LogP contribution in [0.1, 0.15) is 16.1 Å². The third kappa shape index (κ3) is 3.04. The molecule has 0 saturated carbocycles. The number of hydrogen-bond donors (Lipinski definition) is 2. The van der Waals surface area contributed by atoms with E-state index in [9.17, 15) is 4.79 Å². The lowest BCUT2D eigenvalue weighted by molar-refractivity contribution is 0.0947. The van der Waals surface area contributed by atoms with E-state index >= 15 is 0 Å². The molecule has 0 bridgehead atoms. The normalized spacial score (nSPS) is 10.2. The van der Waals surface area contributed by atoms with Crippen LogP contribution in [0.5, 0.6) is 5.75 Å². The average molecular weight is 260 g/mol. The van der Waals surface area contributed by atoms with Crippen molar-refractivity contribution < 1.29 is 9.53 Å². The van der Waals surface area contributed by atoms with E-state index in [1.165, 1.54) is 7.11 Å². The number of nitrogens with zero attached hydrogens (tertiary/aromatic N) is 2. The van der Waals surface area contributed by atoms with E-state index in [-0.39, 0.29) is 5.91 Å². The van der Waals surface area contributed by atoms with Gasteiger partial charge in [0.2, 0.25) is 0 Å². The Labute approximate surface area is 111 Å². The first-order chi connectivity index (χ1) is 9.10. The number of methoxy groups -OCH3 is 1. The summed E-state index contributed by atoms with van der Waals surface area (Å²) in [6, 6.07) is 6.79. The molecule has 1 aromatic carbocycles. The van der Waals surface area contributed by atoms with Crippen molar-refractivity contribution in [2.45, 2.75) is 6.54 Å². The molecule has 0 saturated heterocycles. The minimum Gasteiger partial charge on any atom is -0.496 e. The second-order valence-electron chi connectivity index (χ2n) is 4.12. The highest BCUT2D eigenvalue weighted by Crippen LogP contribution is 2.20. The summed E-state index contributed by atoms with van der Waals surface area (Å²) in [5.74, 6) is 0.252. The molecule has 0 aliphatic heterocycles. The summed E-state index contributed by atoms with van der Waals surface area (Å²) in [5, 5.41) is 6.96. The third-order valence-electron chi connectivity index (χ3n) is 2.67. The number of aromatic nitrogens is 2. The maximum atomic E-state index is 12.1. The number of carbonyl (C=O) groups is 1. The highest BCUT2D eigenvalue weighted by atomic mass is 16.5. The van der Waals surface area contributed by atoms with Gasteiger partial charge in [0.15, 0.2) is 0 Å². The highest BCUT2D eigenvalue weighted by molar-refractivity contribution is 5.97. The molecule has 0 radical (unpaired) electrons. The number of aryl methyl sites for hydroxylation is 1. The maximum Gasteiger partial charge on any atom is 0.255 e. The van der Waals surface area contributed by atoms with Crippen LogP contribution in [0.3, 0.4) is 0 Å². The molecule has 0 aliphatic rings.